The number of rotatable bonds is 5. The molecule has 0 aliphatic rings. The third-order valence-electron chi connectivity index (χ3n) is 3.06. The number of phenolic OH excluding ortho intramolecular Hbond substituents is 1. The van der Waals surface area contributed by atoms with Gasteiger partial charge in [-0.15, -0.1) is 0 Å². The lowest BCUT2D eigenvalue weighted by molar-refractivity contribution is -0.137. The molecule has 0 aliphatic carbocycles. The van der Waals surface area contributed by atoms with E-state index in [2.05, 4.69) is 0 Å². The summed E-state index contributed by atoms with van der Waals surface area (Å²) in [6.07, 6.45) is 3.82. The number of ether oxygens (including phenoxy) is 1. The van der Waals surface area contributed by atoms with Crippen LogP contribution in [0.5, 0.6) is 5.75 Å². The second kappa shape index (κ2) is 7.29. The van der Waals surface area contributed by atoms with Gasteiger partial charge in [0.25, 0.3) is 0 Å². The quantitative estimate of drug-likeness (QED) is 0.673. The van der Waals surface area contributed by atoms with Gasteiger partial charge in [0.05, 0.1) is 6.61 Å². The molecule has 0 heterocycles. The van der Waals surface area contributed by atoms with E-state index in [1.807, 2.05) is 42.5 Å². The van der Waals surface area contributed by atoms with E-state index in [0.717, 1.165) is 16.7 Å². The van der Waals surface area contributed by atoms with Crippen LogP contribution in [0.2, 0.25) is 0 Å². The highest BCUT2D eigenvalue weighted by Crippen LogP contribution is 2.20. The first-order valence-corrected chi connectivity index (χ1v) is 6.89. The van der Waals surface area contributed by atoms with E-state index in [9.17, 15) is 9.90 Å². The molecule has 3 heteroatoms. The highest BCUT2D eigenvalue weighted by atomic mass is 16.5. The van der Waals surface area contributed by atoms with Gasteiger partial charge in [0, 0.05) is 12.5 Å². The van der Waals surface area contributed by atoms with Gasteiger partial charge in [0.15, 0.2) is 0 Å². The van der Waals surface area contributed by atoms with E-state index in [1.54, 1.807) is 19.1 Å². The van der Waals surface area contributed by atoms with Gasteiger partial charge in [-0.25, -0.2) is 4.79 Å². The van der Waals surface area contributed by atoms with Gasteiger partial charge in [-0.3, -0.25) is 0 Å². The van der Waals surface area contributed by atoms with Crippen molar-refractivity contribution in [2.24, 2.45) is 0 Å². The van der Waals surface area contributed by atoms with Gasteiger partial charge in [0.2, 0.25) is 0 Å². The molecule has 108 valence electrons. The first kappa shape index (κ1) is 14.9. The summed E-state index contributed by atoms with van der Waals surface area (Å²) in [6, 6.07) is 15.1. The van der Waals surface area contributed by atoms with E-state index in [-0.39, 0.29) is 5.97 Å². The molecule has 0 fully saturated rings. The maximum Gasteiger partial charge on any atom is 0.330 e. The second-order valence-electron chi connectivity index (χ2n) is 4.63. The Morgan fingerprint density at radius 1 is 1.14 bits per heavy atom. The number of carbonyl (C=O) groups excluding carboxylic acids is 1. The van der Waals surface area contributed by atoms with Crippen molar-refractivity contribution in [1.82, 2.24) is 0 Å². The minimum absolute atomic E-state index is 0.309. The van der Waals surface area contributed by atoms with Crippen LogP contribution in [0.3, 0.4) is 0 Å². The number of esters is 1. The monoisotopic (exact) mass is 282 g/mol. The summed E-state index contributed by atoms with van der Waals surface area (Å²) in [4.78, 5) is 11.2. The Morgan fingerprint density at radius 3 is 2.52 bits per heavy atom. The average Bonchev–Trinajstić information content (AvgIpc) is 2.49. The van der Waals surface area contributed by atoms with Crippen LogP contribution in [0.25, 0.3) is 6.08 Å². The summed E-state index contributed by atoms with van der Waals surface area (Å²) in [5, 5.41) is 9.76. The summed E-state index contributed by atoms with van der Waals surface area (Å²) < 4.78 is 4.83. The Bertz CT molecular complexity index is 627. The van der Waals surface area contributed by atoms with Gasteiger partial charge in [0.1, 0.15) is 5.75 Å². The predicted molar refractivity (Wildman–Crippen MR) is 83.0 cm³/mol. The lowest BCUT2D eigenvalue weighted by Gasteiger charge is -2.05. The molecule has 0 saturated heterocycles. The largest absolute Gasteiger partial charge is 0.508 e. The molecule has 0 aromatic heterocycles. The molecule has 0 bridgehead atoms. The first-order valence-electron chi connectivity index (χ1n) is 6.89. The molecule has 2 aromatic rings. The third-order valence-corrected chi connectivity index (χ3v) is 3.06. The van der Waals surface area contributed by atoms with Crippen molar-refractivity contribution in [1.29, 1.82) is 0 Å². The number of carbonyl (C=O) groups is 1. The molecule has 0 unspecified atom stereocenters. The summed E-state index contributed by atoms with van der Waals surface area (Å²) >= 11 is 0. The number of para-hydroxylation sites is 1. The molecule has 0 atom stereocenters. The molecular weight excluding hydrogens is 264 g/mol. The maximum absolute atomic E-state index is 11.2. The number of hydrogen-bond donors (Lipinski definition) is 1. The van der Waals surface area contributed by atoms with Crippen LogP contribution in [0.1, 0.15) is 23.6 Å². The molecule has 1 N–H and O–H groups in total. The molecule has 0 spiro atoms. The van der Waals surface area contributed by atoms with Crippen LogP contribution >= 0.6 is 0 Å². The lowest BCUT2D eigenvalue weighted by Crippen LogP contribution is -1.98. The number of benzene rings is 2. The Morgan fingerprint density at radius 2 is 1.86 bits per heavy atom. The standard InChI is InChI=1S/C18H18O3/c1-2-21-18(20)12-11-14-7-9-15(10-8-14)13-16-5-3-4-6-17(16)19/h3-12,19H,2,13H2,1H3/b12-11+. The fourth-order valence-electron chi connectivity index (χ4n) is 1.98. The molecule has 0 saturated carbocycles. The van der Waals surface area contributed by atoms with E-state index in [1.165, 1.54) is 6.08 Å². The van der Waals surface area contributed by atoms with E-state index in [4.69, 9.17) is 4.74 Å². The molecule has 2 aromatic carbocycles. The molecule has 3 nitrogen and oxygen atoms in total. The summed E-state index contributed by atoms with van der Waals surface area (Å²) in [7, 11) is 0. The number of hydrogen-bond acceptors (Lipinski definition) is 3. The zero-order valence-electron chi connectivity index (χ0n) is 12.0. The van der Waals surface area contributed by atoms with Crippen LogP contribution in [-0.4, -0.2) is 17.7 Å². The molecule has 0 amide bonds. The zero-order valence-corrected chi connectivity index (χ0v) is 12.0. The van der Waals surface area contributed by atoms with Crippen LogP contribution in [-0.2, 0) is 16.0 Å². The lowest BCUT2D eigenvalue weighted by atomic mass is 10.0. The van der Waals surface area contributed by atoms with Crippen LogP contribution in [0.4, 0.5) is 0 Å². The average molecular weight is 282 g/mol. The maximum atomic E-state index is 11.2. The topological polar surface area (TPSA) is 46.5 Å². The summed E-state index contributed by atoms with van der Waals surface area (Å²) in [5.41, 5.74) is 2.93. The highest BCUT2D eigenvalue weighted by Gasteiger charge is 2.01. The van der Waals surface area contributed by atoms with Crippen molar-refractivity contribution < 1.29 is 14.6 Å². The first-order chi connectivity index (χ1) is 10.2. The van der Waals surface area contributed by atoms with Gasteiger partial charge in [-0.2, -0.15) is 0 Å². The molecular formula is C18H18O3. The fraction of sp³-hybridized carbons (Fsp3) is 0.167. The Hall–Kier alpha value is -2.55. The molecule has 21 heavy (non-hydrogen) atoms. The normalized spacial score (nSPS) is 10.7. The van der Waals surface area contributed by atoms with Gasteiger partial charge < -0.3 is 9.84 Å². The molecule has 2 rings (SSSR count). The highest BCUT2D eigenvalue weighted by molar-refractivity contribution is 5.87. The van der Waals surface area contributed by atoms with Crippen molar-refractivity contribution in [3.05, 3.63) is 71.3 Å². The van der Waals surface area contributed by atoms with Crippen LogP contribution < -0.4 is 0 Å². The van der Waals surface area contributed by atoms with E-state index >= 15 is 0 Å². The van der Waals surface area contributed by atoms with Crippen molar-refractivity contribution in [2.45, 2.75) is 13.3 Å². The second-order valence-corrected chi connectivity index (χ2v) is 4.63. The smallest absolute Gasteiger partial charge is 0.330 e. The number of aromatic hydroxyl groups is 1. The van der Waals surface area contributed by atoms with Crippen molar-refractivity contribution >= 4 is 12.0 Å². The van der Waals surface area contributed by atoms with Gasteiger partial charge in [-0.05, 0) is 35.8 Å². The predicted octanol–water partition coefficient (Wildman–Crippen LogP) is 3.56. The number of phenols is 1. The fourth-order valence-corrected chi connectivity index (χ4v) is 1.98. The minimum Gasteiger partial charge on any atom is -0.508 e. The van der Waals surface area contributed by atoms with Gasteiger partial charge >= 0.3 is 5.97 Å². The van der Waals surface area contributed by atoms with Gasteiger partial charge in [-0.1, -0.05) is 42.5 Å². The zero-order chi connectivity index (χ0) is 15.1. The van der Waals surface area contributed by atoms with Crippen LogP contribution in [0, 0.1) is 0 Å². The minimum atomic E-state index is -0.337. The van der Waals surface area contributed by atoms with Crippen molar-refractivity contribution in [3.63, 3.8) is 0 Å². The van der Waals surface area contributed by atoms with E-state index < -0.39 is 0 Å². The summed E-state index contributed by atoms with van der Waals surface area (Å²) in [6.45, 7) is 2.15. The van der Waals surface area contributed by atoms with E-state index in [0.29, 0.717) is 18.8 Å². The third kappa shape index (κ3) is 4.49. The van der Waals surface area contributed by atoms with Crippen molar-refractivity contribution in [3.8, 4) is 5.75 Å². The molecule has 0 aliphatic heterocycles. The summed E-state index contributed by atoms with van der Waals surface area (Å²) in [5.74, 6) is -0.0282. The SMILES string of the molecule is CCOC(=O)/C=C/c1ccc(Cc2ccccc2O)cc1. The Kier molecular flexibility index (Phi) is 5.16. The Balaban J connectivity index is 2.02. The Labute approximate surface area is 124 Å². The molecule has 0 radical (unpaired) electrons. The van der Waals surface area contributed by atoms with Crippen molar-refractivity contribution in [2.75, 3.05) is 6.61 Å². The van der Waals surface area contributed by atoms with Crippen LogP contribution in [0.15, 0.2) is 54.6 Å².